The molecule has 2 N–H and O–H groups in total. The van der Waals surface area contributed by atoms with Gasteiger partial charge in [-0.25, -0.2) is 9.97 Å². The fraction of sp³-hybridized carbons (Fsp3) is 0.375. The van der Waals surface area contributed by atoms with E-state index in [4.69, 9.17) is 0 Å². The summed E-state index contributed by atoms with van der Waals surface area (Å²) in [5.74, 6) is 3.28. The van der Waals surface area contributed by atoms with Crippen LogP contribution >= 0.6 is 0 Å². The van der Waals surface area contributed by atoms with Crippen molar-refractivity contribution >= 4 is 17.3 Å². The summed E-state index contributed by atoms with van der Waals surface area (Å²) >= 11 is 0. The summed E-state index contributed by atoms with van der Waals surface area (Å²) in [6.45, 7) is 5.04. The van der Waals surface area contributed by atoms with E-state index >= 15 is 0 Å². The van der Waals surface area contributed by atoms with Gasteiger partial charge in [0.05, 0.1) is 0 Å². The fourth-order valence-electron chi connectivity index (χ4n) is 2.18. The third-order valence-corrected chi connectivity index (χ3v) is 3.45. The molecule has 1 saturated carbocycles. The van der Waals surface area contributed by atoms with Gasteiger partial charge in [-0.15, -0.1) is 0 Å². The van der Waals surface area contributed by atoms with E-state index in [9.17, 15) is 0 Å². The fourth-order valence-corrected chi connectivity index (χ4v) is 2.18. The van der Waals surface area contributed by atoms with Crippen molar-refractivity contribution in [1.29, 1.82) is 0 Å². The number of hydrogen-bond acceptors (Lipinski definition) is 4. The maximum atomic E-state index is 4.65. The zero-order valence-corrected chi connectivity index (χ0v) is 12.0. The second-order valence-corrected chi connectivity index (χ2v) is 5.24. The van der Waals surface area contributed by atoms with Crippen LogP contribution in [0.3, 0.4) is 0 Å². The normalized spacial score (nSPS) is 14.1. The molecule has 2 aromatic rings. The molecule has 4 nitrogen and oxygen atoms in total. The van der Waals surface area contributed by atoms with E-state index in [1.807, 2.05) is 18.2 Å². The minimum Gasteiger partial charge on any atom is -0.370 e. The van der Waals surface area contributed by atoms with Crippen molar-refractivity contribution in [2.24, 2.45) is 0 Å². The van der Waals surface area contributed by atoms with Crippen LogP contribution < -0.4 is 10.6 Å². The molecule has 0 saturated heterocycles. The van der Waals surface area contributed by atoms with E-state index in [1.165, 1.54) is 18.4 Å². The molecule has 0 spiro atoms. The number of para-hydroxylation sites is 1. The summed E-state index contributed by atoms with van der Waals surface area (Å²) in [4.78, 5) is 9.24. The highest BCUT2D eigenvalue weighted by atomic mass is 15.1. The number of nitrogens with one attached hydrogen (secondary N) is 2. The highest BCUT2D eigenvalue weighted by Crippen LogP contribution is 2.39. The van der Waals surface area contributed by atoms with Crippen molar-refractivity contribution in [3.8, 4) is 0 Å². The molecule has 0 atom stereocenters. The Morgan fingerprint density at radius 3 is 2.60 bits per heavy atom. The van der Waals surface area contributed by atoms with E-state index in [0.717, 1.165) is 29.7 Å². The van der Waals surface area contributed by atoms with E-state index in [0.29, 0.717) is 5.92 Å². The van der Waals surface area contributed by atoms with Crippen molar-refractivity contribution < 1.29 is 0 Å². The van der Waals surface area contributed by atoms with Crippen LogP contribution in [-0.2, 0) is 0 Å². The van der Waals surface area contributed by atoms with Crippen LogP contribution in [0.1, 0.15) is 37.1 Å². The zero-order valence-electron chi connectivity index (χ0n) is 12.0. The van der Waals surface area contributed by atoms with Crippen LogP contribution in [-0.4, -0.2) is 16.5 Å². The molecule has 0 bridgehead atoms. The molecule has 0 amide bonds. The van der Waals surface area contributed by atoms with Gasteiger partial charge in [-0.05, 0) is 38.3 Å². The van der Waals surface area contributed by atoms with Crippen LogP contribution in [0.15, 0.2) is 30.3 Å². The molecule has 20 heavy (non-hydrogen) atoms. The van der Waals surface area contributed by atoms with Gasteiger partial charge < -0.3 is 10.6 Å². The van der Waals surface area contributed by atoms with Crippen molar-refractivity contribution in [2.75, 3.05) is 17.2 Å². The minimum absolute atomic E-state index is 0.547. The Balaban J connectivity index is 1.89. The van der Waals surface area contributed by atoms with Crippen molar-refractivity contribution in [2.45, 2.75) is 32.6 Å². The molecule has 104 valence electrons. The van der Waals surface area contributed by atoms with Gasteiger partial charge in [0.25, 0.3) is 0 Å². The molecule has 1 fully saturated rings. The van der Waals surface area contributed by atoms with E-state index in [2.05, 4.69) is 46.6 Å². The summed E-state index contributed by atoms with van der Waals surface area (Å²) in [5.41, 5.74) is 2.31. The van der Waals surface area contributed by atoms with Gasteiger partial charge in [0, 0.05) is 24.2 Å². The van der Waals surface area contributed by atoms with Gasteiger partial charge >= 0.3 is 0 Å². The predicted octanol–water partition coefficient (Wildman–Crippen LogP) is 3.84. The molecule has 1 aromatic heterocycles. The SMILES string of the molecule is CCNc1cc(Nc2ccccc2C)nc(C2CC2)n1. The zero-order chi connectivity index (χ0) is 13.9. The van der Waals surface area contributed by atoms with Crippen LogP contribution in [0.2, 0.25) is 0 Å². The second kappa shape index (κ2) is 5.49. The predicted molar refractivity (Wildman–Crippen MR) is 82.6 cm³/mol. The summed E-state index contributed by atoms with van der Waals surface area (Å²) in [6.07, 6.45) is 2.42. The Kier molecular flexibility index (Phi) is 3.54. The van der Waals surface area contributed by atoms with Gasteiger partial charge in [0.15, 0.2) is 0 Å². The molecule has 0 unspecified atom stereocenters. The quantitative estimate of drug-likeness (QED) is 0.865. The summed E-state index contributed by atoms with van der Waals surface area (Å²) in [5, 5.41) is 6.68. The van der Waals surface area contributed by atoms with E-state index in [1.54, 1.807) is 0 Å². The third kappa shape index (κ3) is 2.90. The Morgan fingerprint density at radius 1 is 1.15 bits per heavy atom. The monoisotopic (exact) mass is 268 g/mol. The minimum atomic E-state index is 0.547. The summed E-state index contributed by atoms with van der Waals surface area (Å²) in [6, 6.07) is 10.2. The Labute approximate surface area is 119 Å². The first kappa shape index (κ1) is 12.9. The number of aromatic nitrogens is 2. The smallest absolute Gasteiger partial charge is 0.136 e. The maximum Gasteiger partial charge on any atom is 0.136 e. The van der Waals surface area contributed by atoms with Crippen molar-refractivity contribution in [3.05, 3.63) is 41.7 Å². The summed E-state index contributed by atoms with van der Waals surface area (Å²) < 4.78 is 0. The first-order chi connectivity index (χ1) is 9.76. The number of nitrogens with zero attached hydrogens (tertiary/aromatic N) is 2. The lowest BCUT2D eigenvalue weighted by Crippen LogP contribution is -2.06. The number of aryl methyl sites for hydroxylation is 1. The topological polar surface area (TPSA) is 49.8 Å². The van der Waals surface area contributed by atoms with E-state index < -0.39 is 0 Å². The van der Waals surface area contributed by atoms with Gasteiger partial charge in [-0.3, -0.25) is 0 Å². The lowest BCUT2D eigenvalue weighted by Gasteiger charge is -2.12. The molecular formula is C16H20N4. The highest BCUT2D eigenvalue weighted by Gasteiger charge is 2.27. The maximum absolute atomic E-state index is 4.65. The van der Waals surface area contributed by atoms with Crippen LogP contribution in [0, 0.1) is 6.92 Å². The van der Waals surface area contributed by atoms with Crippen molar-refractivity contribution in [1.82, 2.24) is 9.97 Å². The Bertz CT molecular complexity index is 605. The third-order valence-electron chi connectivity index (χ3n) is 3.45. The molecule has 4 heteroatoms. The largest absolute Gasteiger partial charge is 0.370 e. The van der Waals surface area contributed by atoms with Gasteiger partial charge in [0.2, 0.25) is 0 Å². The molecule has 1 aromatic carbocycles. The Morgan fingerprint density at radius 2 is 1.90 bits per heavy atom. The molecule has 0 radical (unpaired) electrons. The first-order valence-electron chi connectivity index (χ1n) is 7.21. The molecule has 1 aliphatic carbocycles. The van der Waals surface area contributed by atoms with Crippen LogP contribution in [0.5, 0.6) is 0 Å². The molecule has 1 heterocycles. The molecule has 1 aliphatic rings. The molecule has 0 aliphatic heterocycles. The lowest BCUT2D eigenvalue weighted by atomic mass is 10.2. The average molecular weight is 268 g/mol. The number of rotatable bonds is 5. The molecular weight excluding hydrogens is 248 g/mol. The number of hydrogen-bond donors (Lipinski definition) is 2. The molecule has 3 rings (SSSR count). The number of anilines is 3. The highest BCUT2D eigenvalue weighted by molar-refractivity contribution is 5.62. The van der Waals surface area contributed by atoms with Gasteiger partial charge in [0.1, 0.15) is 17.5 Å². The van der Waals surface area contributed by atoms with Gasteiger partial charge in [-0.2, -0.15) is 0 Å². The van der Waals surface area contributed by atoms with E-state index in [-0.39, 0.29) is 0 Å². The van der Waals surface area contributed by atoms with Crippen LogP contribution in [0.4, 0.5) is 17.3 Å². The second-order valence-electron chi connectivity index (χ2n) is 5.24. The Hall–Kier alpha value is -2.10. The van der Waals surface area contributed by atoms with Crippen LogP contribution in [0.25, 0.3) is 0 Å². The summed E-state index contributed by atoms with van der Waals surface area (Å²) in [7, 11) is 0. The van der Waals surface area contributed by atoms with Crippen molar-refractivity contribution in [3.63, 3.8) is 0 Å². The number of benzene rings is 1. The van der Waals surface area contributed by atoms with Gasteiger partial charge in [-0.1, -0.05) is 18.2 Å². The standard InChI is InChI=1S/C16H20N4/c1-3-17-14-10-15(20-16(19-14)12-8-9-12)18-13-7-5-4-6-11(13)2/h4-7,10,12H,3,8-9H2,1-2H3,(H2,17,18,19,20). The first-order valence-corrected chi connectivity index (χ1v) is 7.21. The average Bonchev–Trinajstić information content (AvgIpc) is 3.26. The lowest BCUT2D eigenvalue weighted by molar-refractivity contribution is 0.927.